The van der Waals surface area contributed by atoms with Gasteiger partial charge in [-0.05, 0) is 29.4 Å². The van der Waals surface area contributed by atoms with E-state index in [0.717, 1.165) is 16.6 Å². The van der Waals surface area contributed by atoms with Crippen LogP contribution < -0.4 is 5.46 Å². The lowest BCUT2D eigenvalue weighted by Crippen LogP contribution is -2.31. The number of aryl methyl sites for hydroxylation is 1. The zero-order chi connectivity index (χ0) is 11.5. The Bertz CT molecular complexity index is 405. The van der Waals surface area contributed by atoms with Gasteiger partial charge in [0.15, 0.2) is 0 Å². The summed E-state index contributed by atoms with van der Waals surface area (Å²) in [5.74, 6) is -0.788. The lowest BCUT2D eigenvalue weighted by Gasteiger charge is -2.07. The molecule has 1 heterocycles. The Labute approximate surface area is 94.0 Å². The summed E-state index contributed by atoms with van der Waals surface area (Å²) in [4.78, 5) is 10.4. The van der Waals surface area contributed by atoms with Crippen molar-refractivity contribution in [1.82, 2.24) is 0 Å². The largest absolute Gasteiger partial charge is 0.492 e. The minimum absolute atomic E-state index is 0.153. The highest BCUT2D eigenvalue weighted by Gasteiger charge is 2.29. The number of benzene rings is 1. The van der Waals surface area contributed by atoms with Gasteiger partial charge < -0.3 is 14.8 Å². The van der Waals surface area contributed by atoms with E-state index in [1.807, 2.05) is 18.2 Å². The molecule has 0 saturated heterocycles. The predicted octanol–water partition coefficient (Wildman–Crippen LogP) is 0.312. The summed E-state index contributed by atoms with van der Waals surface area (Å²) < 4.78 is 5.13. The molecule has 0 spiro atoms. The van der Waals surface area contributed by atoms with Gasteiger partial charge in [0.05, 0.1) is 6.61 Å². The molecular formula is C11H13BO4. The molecule has 2 rings (SSSR count). The van der Waals surface area contributed by atoms with Crippen LogP contribution in [0.4, 0.5) is 0 Å². The van der Waals surface area contributed by atoms with Gasteiger partial charge in [0.2, 0.25) is 0 Å². The molecule has 1 aliphatic heterocycles. The van der Waals surface area contributed by atoms with Crippen LogP contribution in [-0.4, -0.2) is 23.2 Å². The molecule has 0 radical (unpaired) electrons. The molecule has 1 aromatic carbocycles. The SMILES string of the molecule is O=C(O)CCCc1cccc2c1B(O)OC2. The maximum atomic E-state index is 10.4. The highest BCUT2D eigenvalue weighted by atomic mass is 16.5. The van der Waals surface area contributed by atoms with Crippen LogP contribution in [0, 0.1) is 0 Å². The van der Waals surface area contributed by atoms with Crippen molar-refractivity contribution in [2.24, 2.45) is 0 Å². The highest BCUT2D eigenvalue weighted by molar-refractivity contribution is 6.62. The molecule has 0 atom stereocenters. The summed E-state index contributed by atoms with van der Waals surface area (Å²) in [7, 11) is -0.851. The molecule has 0 aromatic heterocycles. The zero-order valence-electron chi connectivity index (χ0n) is 8.85. The number of fused-ring (bicyclic) bond motifs is 1. The number of carboxylic acids is 1. The van der Waals surface area contributed by atoms with Gasteiger partial charge in [0.25, 0.3) is 0 Å². The molecule has 0 aliphatic carbocycles. The summed E-state index contributed by atoms with van der Waals surface area (Å²) in [6.07, 6.45) is 1.40. The smallest absolute Gasteiger partial charge is 0.481 e. The van der Waals surface area contributed by atoms with E-state index < -0.39 is 13.1 Å². The first kappa shape index (κ1) is 11.2. The molecule has 1 aliphatic rings. The van der Waals surface area contributed by atoms with Gasteiger partial charge in [-0.25, -0.2) is 0 Å². The van der Waals surface area contributed by atoms with Gasteiger partial charge in [-0.3, -0.25) is 4.79 Å². The standard InChI is InChI=1S/C11H13BO4/c13-10(14)6-2-4-8-3-1-5-9-7-16-12(15)11(8)9/h1,3,5,15H,2,4,6-7H2,(H,13,14). The van der Waals surface area contributed by atoms with E-state index in [-0.39, 0.29) is 6.42 Å². The quantitative estimate of drug-likeness (QED) is 0.716. The van der Waals surface area contributed by atoms with Crippen LogP contribution in [0.25, 0.3) is 0 Å². The Balaban J connectivity index is 2.10. The first-order valence-electron chi connectivity index (χ1n) is 5.30. The first-order valence-corrected chi connectivity index (χ1v) is 5.30. The van der Waals surface area contributed by atoms with Crippen molar-refractivity contribution in [3.05, 3.63) is 29.3 Å². The van der Waals surface area contributed by atoms with E-state index in [2.05, 4.69) is 0 Å². The third kappa shape index (κ3) is 2.26. The van der Waals surface area contributed by atoms with E-state index in [0.29, 0.717) is 19.4 Å². The third-order valence-corrected chi connectivity index (χ3v) is 2.77. The van der Waals surface area contributed by atoms with Gasteiger partial charge in [0.1, 0.15) is 0 Å². The number of aliphatic carboxylic acids is 1. The fraction of sp³-hybridized carbons (Fsp3) is 0.364. The Morgan fingerprint density at radius 2 is 2.31 bits per heavy atom. The Kier molecular flexibility index (Phi) is 3.26. The Morgan fingerprint density at radius 1 is 1.50 bits per heavy atom. The molecule has 0 fully saturated rings. The van der Waals surface area contributed by atoms with E-state index in [1.165, 1.54) is 0 Å². The number of hydrogen-bond acceptors (Lipinski definition) is 3. The van der Waals surface area contributed by atoms with Crippen molar-refractivity contribution in [3.8, 4) is 0 Å². The van der Waals surface area contributed by atoms with E-state index in [1.54, 1.807) is 0 Å². The minimum Gasteiger partial charge on any atom is -0.481 e. The van der Waals surface area contributed by atoms with Crippen LogP contribution in [-0.2, 0) is 22.5 Å². The van der Waals surface area contributed by atoms with Gasteiger partial charge >= 0.3 is 13.1 Å². The topological polar surface area (TPSA) is 66.8 Å². The van der Waals surface area contributed by atoms with Crippen molar-refractivity contribution < 1.29 is 19.6 Å². The van der Waals surface area contributed by atoms with E-state index >= 15 is 0 Å². The third-order valence-electron chi connectivity index (χ3n) is 2.77. The molecule has 5 heteroatoms. The van der Waals surface area contributed by atoms with Gasteiger partial charge in [-0.1, -0.05) is 18.2 Å². The molecule has 0 bridgehead atoms. The van der Waals surface area contributed by atoms with Gasteiger partial charge in [0, 0.05) is 6.42 Å². The molecular weight excluding hydrogens is 207 g/mol. The molecule has 0 unspecified atom stereocenters. The summed E-state index contributed by atoms with van der Waals surface area (Å²) in [5, 5.41) is 18.2. The van der Waals surface area contributed by atoms with E-state index in [4.69, 9.17) is 9.76 Å². The second-order valence-electron chi connectivity index (χ2n) is 3.90. The summed E-state index contributed by atoms with van der Waals surface area (Å²) in [5.41, 5.74) is 2.82. The van der Waals surface area contributed by atoms with Crippen molar-refractivity contribution in [2.75, 3.05) is 0 Å². The first-order chi connectivity index (χ1) is 7.68. The van der Waals surface area contributed by atoms with Gasteiger partial charge in [-0.15, -0.1) is 0 Å². The molecule has 84 valence electrons. The van der Waals surface area contributed by atoms with Crippen LogP contribution in [0.1, 0.15) is 24.0 Å². The molecule has 2 N–H and O–H groups in total. The van der Waals surface area contributed by atoms with Crippen molar-refractivity contribution in [2.45, 2.75) is 25.9 Å². The Hall–Kier alpha value is -1.33. The lowest BCUT2D eigenvalue weighted by molar-refractivity contribution is -0.137. The fourth-order valence-corrected chi connectivity index (χ4v) is 2.01. The average Bonchev–Trinajstić information content (AvgIpc) is 2.61. The predicted molar refractivity (Wildman–Crippen MR) is 59.4 cm³/mol. The van der Waals surface area contributed by atoms with Crippen LogP contribution in [0.5, 0.6) is 0 Å². The zero-order valence-corrected chi connectivity index (χ0v) is 8.85. The lowest BCUT2D eigenvalue weighted by atomic mass is 9.75. The monoisotopic (exact) mass is 220 g/mol. The maximum absolute atomic E-state index is 10.4. The van der Waals surface area contributed by atoms with Crippen LogP contribution in [0.3, 0.4) is 0 Å². The van der Waals surface area contributed by atoms with Crippen LogP contribution in [0.2, 0.25) is 0 Å². The summed E-state index contributed by atoms with van der Waals surface area (Å²) >= 11 is 0. The summed E-state index contributed by atoms with van der Waals surface area (Å²) in [6, 6.07) is 5.75. The maximum Gasteiger partial charge on any atom is 0.492 e. The van der Waals surface area contributed by atoms with Crippen molar-refractivity contribution >= 4 is 18.6 Å². The van der Waals surface area contributed by atoms with Crippen molar-refractivity contribution in [1.29, 1.82) is 0 Å². The Morgan fingerprint density at radius 3 is 3.06 bits per heavy atom. The fourth-order valence-electron chi connectivity index (χ4n) is 2.01. The minimum atomic E-state index is -0.851. The number of hydrogen-bond donors (Lipinski definition) is 2. The molecule has 0 amide bonds. The summed E-state index contributed by atoms with van der Waals surface area (Å²) in [6.45, 7) is 0.434. The molecule has 16 heavy (non-hydrogen) atoms. The van der Waals surface area contributed by atoms with Crippen LogP contribution >= 0.6 is 0 Å². The van der Waals surface area contributed by atoms with E-state index in [9.17, 15) is 9.82 Å². The normalized spacial score (nSPS) is 13.9. The number of rotatable bonds is 4. The molecule has 1 aromatic rings. The van der Waals surface area contributed by atoms with Crippen LogP contribution in [0.15, 0.2) is 18.2 Å². The number of carbonyl (C=O) groups is 1. The molecule has 0 saturated carbocycles. The van der Waals surface area contributed by atoms with Crippen molar-refractivity contribution in [3.63, 3.8) is 0 Å². The van der Waals surface area contributed by atoms with Gasteiger partial charge in [-0.2, -0.15) is 0 Å². The number of carboxylic acid groups (broad SMARTS) is 1. The highest BCUT2D eigenvalue weighted by Crippen LogP contribution is 2.14. The molecule has 4 nitrogen and oxygen atoms in total. The second-order valence-corrected chi connectivity index (χ2v) is 3.90. The average molecular weight is 220 g/mol. The second kappa shape index (κ2) is 4.68.